The maximum atomic E-state index is 12.5. The summed E-state index contributed by atoms with van der Waals surface area (Å²) < 4.78 is 5.53. The first-order chi connectivity index (χ1) is 13.9. The van der Waals surface area contributed by atoms with Crippen molar-refractivity contribution in [2.24, 2.45) is 0 Å². The molecule has 1 N–H and O–H groups in total. The number of nitrogens with zero attached hydrogens (tertiary/aromatic N) is 1. The summed E-state index contributed by atoms with van der Waals surface area (Å²) in [5, 5.41) is 2.34. The van der Waals surface area contributed by atoms with Crippen LogP contribution < -0.4 is 10.1 Å². The van der Waals surface area contributed by atoms with Crippen LogP contribution in [0.3, 0.4) is 0 Å². The van der Waals surface area contributed by atoms with E-state index in [4.69, 9.17) is 4.74 Å². The topological polar surface area (TPSA) is 75.7 Å². The second-order valence-electron chi connectivity index (χ2n) is 6.65. The van der Waals surface area contributed by atoms with Gasteiger partial charge in [0.1, 0.15) is 5.75 Å². The average Bonchev–Trinajstić information content (AvgIpc) is 2.95. The van der Waals surface area contributed by atoms with Gasteiger partial charge in [-0.25, -0.2) is 0 Å². The number of rotatable bonds is 7. The van der Waals surface area contributed by atoms with Gasteiger partial charge in [0.05, 0.1) is 4.91 Å². The number of hydrogen-bond acceptors (Lipinski definition) is 5. The molecule has 1 aliphatic rings. The number of ether oxygens (including phenoxy) is 1. The Balaban J connectivity index is 1.47. The highest BCUT2D eigenvalue weighted by Crippen LogP contribution is 2.31. The normalized spacial score (nSPS) is 15.1. The SMILES string of the molecule is Cc1ccc(OCC(=O)NCCN2C(=O)S/C(=C\c3ccccc3)C2=O)c(C)c1. The molecule has 2 aromatic rings. The third kappa shape index (κ3) is 5.48. The Hall–Kier alpha value is -3.06. The Morgan fingerprint density at radius 1 is 1.14 bits per heavy atom. The minimum absolute atomic E-state index is 0.117. The zero-order valence-electron chi connectivity index (χ0n) is 16.3. The summed E-state index contributed by atoms with van der Waals surface area (Å²) in [4.78, 5) is 38.1. The van der Waals surface area contributed by atoms with Crippen LogP contribution in [-0.4, -0.2) is 41.6 Å². The highest BCUT2D eigenvalue weighted by Gasteiger charge is 2.34. The Morgan fingerprint density at radius 3 is 2.62 bits per heavy atom. The van der Waals surface area contributed by atoms with Crippen LogP contribution in [-0.2, 0) is 9.59 Å². The molecule has 1 aliphatic heterocycles. The monoisotopic (exact) mass is 410 g/mol. The number of imide groups is 1. The van der Waals surface area contributed by atoms with Crippen LogP contribution in [0.5, 0.6) is 5.75 Å². The Kier molecular flexibility index (Phi) is 6.72. The van der Waals surface area contributed by atoms with Gasteiger partial charge in [0.25, 0.3) is 17.1 Å². The molecule has 2 aromatic carbocycles. The van der Waals surface area contributed by atoms with E-state index in [1.807, 2.05) is 62.4 Å². The van der Waals surface area contributed by atoms with Gasteiger partial charge in [-0.05, 0) is 48.9 Å². The Morgan fingerprint density at radius 2 is 1.90 bits per heavy atom. The number of benzene rings is 2. The van der Waals surface area contributed by atoms with E-state index >= 15 is 0 Å². The number of carbonyl (C=O) groups excluding carboxylic acids is 3. The van der Waals surface area contributed by atoms with E-state index < -0.39 is 0 Å². The number of aryl methyl sites for hydroxylation is 2. The van der Waals surface area contributed by atoms with Gasteiger partial charge in [-0.1, -0.05) is 48.0 Å². The van der Waals surface area contributed by atoms with E-state index in [2.05, 4.69) is 5.32 Å². The molecule has 1 heterocycles. The number of thioether (sulfide) groups is 1. The van der Waals surface area contributed by atoms with Crippen molar-refractivity contribution >= 4 is 34.9 Å². The lowest BCUT2D eigenvalue weighted by atomic mass is 10.1. The third-order valence-corrected chi connectivity index (χ3v) is 5.23. The molecular weight excluding hydrogens is 388 g/mol. The van der Waals surface area contributed by atoms with Crippen molar-refractivity contribution in [3.8, 4) is 5.75 Å². The van der Waals surface area contributed by atoms with E-state index in [0.717, 1.165) is 33.4 Å². The summed E-state index contributed by atoms with van der Waals surface area (Å²) in [6.07, 6.45) is 1.70. The van der Waals surface area contributed by atoms with E-state index in [1.165, 1.54) is 0 Å². The summed E-state index contributed by atoms with van der Waals surface area (Å²) in [7, 11) is 0. The highest BCUT2D eigenvalue weighted by molar-refractivity contribution is 8.18. The molecule has 0 spiro atoms. The summed E-state index contributed by atoms with van der Waals surface area (Å²) in [5.74, 6) is 0.00384. The zero-order valence-corrected chi connectivity index (χ0v) is 17.1. The predicted molar refractivity (Wildman–Crippen MR) is 114 cm³/mol. The van der Waals surface area contributed by atoms with Gasteiger partial charge in [-0.15, -0.1) is 0 Å². The fourth-order valence-corrected chi connectivity index (χ4v) is 3.72. The lowest BCUT2D eigenvalue weighted by molar-refractivity contribution is -0.125. The van der Waals surface area contributed by atoms with Gasteiger partial charge >= 0.3 is 0 Å². The standard InChI is InChI=1S/C22H22N2O4S/c1-15-8-9-18(16(2)12-15)28-14-20(25)23-10-11-24-21(26)19(29-22(24)27)13-17-6-4-3-5-7-17/h3-9,12-13H,10-11,14H2,1-2H3,(H,23,25)/b19-13-. The van der Waals surface area contributed by atoms with Gasteiger partial charge in [-0.2, -0.15) is 0 Å². The third-order valence-electron chi connectivity index (χ3n) is 4.32. The molecule has 1 saturated heterocycles. The Bertz CT molecular complexity index is 957. The van der Waals surface area contributed by atoms with Crippen LogP contribution >= 0.6 is 11.8 Å². The van der Waals surface area contributed by atoms with E-state index in [0.29, 0.717) is 10.7 Å². The van der Waals surface area contributed by atoms with Crippen LogP contribution in [0.25, 0.3) is 6.08 Å². The van der Waals surface area contributed by atoms with Crippen LogP contribution in [0.4, 0.5) is 4.79 Å². The highest BCUT2D eigenvalue weighted by atomic mass is 32.2. The molecule has 0 saturated carbocycles. The maximum Gasteiger partial charge on any atom is 0.293 e. The van der Waals surface area contributed by atoms with Crippen LogP contribution in [0.2, 0.25) is 0 Å². The van der Waals surface area contributed by atoms with Crippen molar-refractivity contribution < 1.29 is 19.1 Å². The van der Waals surface area contributed by atoms with Gasteiger partial charge in [0, 0.05) is 13.1 Å². The molecule has 0 radical (unpaired) electrons. The lowest BCUT2D eigenvalue weighted by Gasteiger charge is -2.13. The molecule has 3 amide bonds. The molecule has 1 fully saturated rings. The van der Waals surface area contributed by atoms with Crippen molar-refractivity contribution in [3.63, 3.8) is 0 Å². The first-order valence-electron chi connectivity index (χ1n) is 9.21. The maximum absolute atomic E-state index is 12.5. The number of amides is 3. The molecule has 0 aromatic heterocycles. The minimum Gasteiger partial charge on any atom is -0.484 e. The van der Waals surface area contributed by atoms with E-state index in [1.54, 1.807) is 6.08 Å². The molecule has 29 heavy (non-hydrogen) atoms. The first kappa shape index (κ1) is 20.7. The van der Waals surface area contributed by atoms with E-state index in [-0.39, 0.29) is 36.7 Å². The van der Waals surface area contributed by atoms with Crippen molar-refractivity contribution in [2.45, 2.75) is 13.8 Å². The van der Waals surface area contributed by atoms with Crippen molar-refractivity contribution in [2.75, 3.05) is 19.7 Å². The van der Waals surface area contributed by atoms with Crippen molar-refractivity contribution in [3.05, 3.63) is 70.1 Å². The van der Waals surface area contributed by atoms with E-state index in [9.17, 15) is 14.4 Å². The molecule has 7 heteroatoms. The lowest BCUT2D eigenvalue weighted by Crippen LogP contribution is -2.38. The summed E-state index contributed by atoms with van der Waals surface area (Å²) in [6, 6.07) is 15.1. The molecule has 0 atom stereocenters. The molecule has 3 rings (SSSR count). The quantitative estimate of drug-likeness (QED) is 0.707. The molecule has 0 bridgehead atoms. The van der Waals surface area contributed by atoms with Crippen molar-refractivity contribution in [1.29, 1.82) is 0 Å². The predicted octanol–water partition coefficient (Wildman–Crippen LogP) is 3.53. The van der Waals surface area contributed by atoms with Gasteiger partial charge in [0.2, 0.25) is 0 Å². The number of carbonyl (C=O) groups is 3. The average molecular weight is 410 g/mol. The zero-order chi connectivity index (χ0) is 20.8. The number of hydrogen-bond donors (Lipinski definition) is 1. The molecule has 0 unspecified atom stereocenters. The Labute approximate surface area is 173 Å². The smallest absolute Gasteiger partial charge is 0.293 e. The number of nitrogens with one attached hydrogen (secondary N) is 1. The fourth-order valence-electron chi connectivity index (χ4n) is 2.86. The second-order valence-corrected chi connectivity index (χ2v) is 7.64. The second kappa shape index (κ2) is 9.43. The molecule has 150 valence electrons. The van der Waals surface area contributed by atoms with Gasteiger partial charge < -0.3 is 10.1 Å². The summed E-state index contributed by atoms with van der Waals surface area (Å²) >= 11 is 0.907. The molecule has 0 aliphatic carbocycles. The first-order valence-corrected chi connectivity index (χ1v) is 10.0. The minimum atomic E-state index is -0.343. The van der Waals surface area contributed by atoms with Crippen LogP contribution in [0.15, 0.2) is 53.4 Å². The largest absolute Gasteiger partial charge is 0.484 e. The molecule has 6 nitrogen and oxygen atoms in total. The summed E-state index contributed by atoms with van der Waals surface area (Å²) in [6.45, 7) is 4.07. The summed E-state index contributed by atoms with van der Waals surface area (Å²) in [5.41, 5.74) is 2.94. The van der Waals surface area contributed by atoms with Crippen LogP contribution in [0.1, 0.15) is 16.7 Å². The molecular formula is C22H22N2O4S. The fraction of sp³-hybridized carbons (Fsp3) is 0.227. The van der Waals surface area contributed by atoms with Crippen LogP contribution in [0, 0.1) is 13.8 Å². The van der Waals surface area contributed by atoms with Gasteiger partial charge in [-0.3, -0.25) is 19.3 Å². The van der Waals surface area contributed by atoms with Crippen molar-refractivity contribution in [1.82, 2.24) is 10.2 Å². The van der Waals surface area contributed by atoms with Gasteiger partial charge in [0.15, 0.2) is 6.61 Å².